The molecule has 30 heavy (non-hydrogen) atoms. The minimum Gasteiger partial charge on any atom is -0.377 e. The van der Waals surface area contributed by atoms with Crippen molar-refractivity contribution in [3.63, 3.8) is 0 Å². The van der Waals surface area contributed by atoms with Crippen molar-refractivity contribution in [1.82, 2.24) is 15.0 Å². The van der Waals surface area contributed by atoms with Crippen LogP contribution in [0.5, 0.6) is 0 Å². The molecule has 7 heteroatoms. The molecular weight excluding hydrogens is 398 g/mol. The number of pyridine rings is 1. The number of fused-ring (bicyclic) bond motifs is 1. The van der Waals surface area contributed by atoms with Crippen LogP contribution in [0.25, 0.3) is 5.57 Å². The van der Waals surface area contributed by atoms with E-state index in [9.17, 15) is 0 Å². The third kappa shape index (κ3) is 4.30. The lowest BCUT2D eigenvalue weighted by Gasteiger charge is -2.30. The van der Waals surface area contributed by atoms with E-state index in [1.54, 1.807) is 13.3 Å². The molecule has 0 saturated carbocycles. The first kappa shape index (κ1) is 20.3. The zero-order valence-corrected chi connectivity index (χ0v) is 17.9. The second-order valence-electron chi connectivity index (χ2n) is 7.31. The van der Waals surface area contributed by atoms with Crippen LogP contribution in [0.15, 0.2) is 49.2 Å². The predicted molar refractivity (Wildman–Crippen MR) is 121 cm³/mol. The van der Waals surface area contributed by atoms with Gasteiger partial charge in [0.15, 0.2) is 5.82 Å². The maximum Gasteiger partial charge on any atom is 0.156 e. The Kier molecular flexibility index (Phi) is 5.97. The topological polar surface area (TPSA) is 63.2 Å². The third-order valence-electron chi connectivity index (χ3n) is 5.06. The molecule has 1 N–H and O–H groups in total. The Hall–Kier alpha value is -2.96. The smallest absolute Gasteiger partial charge is 0.156 e. The molecule has 1 aliphatic heterocycles. The summed E-state index contributed by atoms with van der Waals surface area (Å²) in [7, 11) is 1.65. The molecule has 6 nitrogen and oxygen atoms in total. The van der Waals surface area contributed by atoms with E-state index in [1.165, 1.54) is 0 Å². The van der Waals surface area contributed by atoms with Crippen molar-refractivity contribution < 1.29 is 4.74 Å². The summed E-state index contributed by atoms with van der Waals surface area (Å²) in [4.78, 5) is 16.1. The first-order valence-corrected chi connectivity index (χ1v) is 10.2. The van der Waals surface area contributed by atoms with Gasteiger partial charge in [0.2, 0.25) is 0 Å². The van der Waals surface area contributed by atoms with Gasteiger partial charge in [-0.05, 0) is 43.2 Å². The van der Waals surface area contributed by atoms with Crippen LogP contribution in [0.1, 0.15) is 29.6 Å². The molecule has 0 unspecified atom stereocenters. The SMILES string of the molecule is C=C(C)c1ccc(Nc2nc(COC)nc3c2CCN(c2ncccc2Cl)C3)cc1. The van der Waals surface area contributed by atoms with Crippen molar-refractivity contribution in [2.75, 3.05) is 23.9 Å². The number of aromatic nitrogens is 3. The molecule has 0 atom stereocenters. The monoisotopic (exact) mass is 421 g/mol. The van der Waals surface area contributed by atoms with Crippen molar-refractivity contribution in [2.24, 2.45) is 0 Å². The average molecular weight is 422 g/mol. The molecule has 1 aromatic carbocycles. The molecule has 1 aliphatic rings. The lowest BCUT2D eigenvalue weighted by Crippen LogP contribution is -2.33. The molecule has 0 aliphatic carbocycles. The second-order valence-corrected chi connectivity index (χ2v) is 7.72. The van der Waals surface area contributed by atoms with Crippen LogP contribution in [0.2, 0.25) is 5.02 Å². The molecule has 4 rings (SSSR count). The van der Waals surface area contributed by atoms with E-state index in [2.05, 4.69) is 33.9 Å². The van der Waals surface area contributed by atoms with E-state index in [1.807, 2.05) is 31.2 Å². The van der Waals surface area contributed by atoms with Gasteiger partial charge >= 0.3 is 0 Å². The molecule has 0 fully saturated rings. The van der Waals surface area contributed by atoms with E-state index >= 15 is 0 Å². The van der Waals surface area contributed by atoms with Crippen LogP contribution in [0.3, 0.4) is 0 Å². The van der Waals surface area contributed by atoms with E-state index in [-0.39, 0.29) is 0 Å². The van der Waals surface area contributed by atoms with Gasteiger partial charge in [0, 0.05) is 31.1 Å². The lowest BCUT2D eigenvalue weighted by atomic mass is 10.0. The summed E-state index contributed by atoms with van der Waals surface area (Å²) in [5.74, 6) is 2.25. The number of hydrogen-bond donors (Lipinski definition) is 1. The standard InChI is InChI=1S/C23H24ClN5O/c1-15(2)16-6-8-17(9-7-16)26-22-18-10-12-29(23-19(24)5-4-11-25-23)13-20(18)27-21(28-22)14-30-3/h4-9,11H,1,10,12-14H2,2-3H3,(H,26,27,28). The van der Waals surface area contributed by atoms with Crippen molar-refractivity contribution in [3.8, 4) is 0 Å². The number of halogens is 1. The van der Waals surface area contributed by atoms with Crippen LogP contribution in [0.4, 0.5) is 17.3 Å². The Morgan fingerprint density at radius 2 is 2.03 bits per heavy atom. The largest absolute Gasteiger partial charge is 0.377 e. The maximum absolute atomic E-state index is 6.36. The van der Waals surface area contributed by atoms with Gasteiger partial charge in [-0.25, -0.2) is 15.0 Å². The molecule has 2 aromatic heterocycles. The van der Waals surface area contributed by atoms with Crippen LogP contribution in [-0.2, 0) is 24.3 Å². The summed E-state index contributed by atoms with van der Waals surface area (Å²) in [6.45, 7) is 7.75. The molecule has 154 valence electrons. The van der Waals surface area contributed by atoms with Crippen LogP contribution >= 0.6 is 11.6 Å². The van der Waals surface area contributed by atoms with Gasteiger partial charge < -0.3 is 15.0 Å². The fourth-order valence-corrected chi connectivity index (χ4v) is 3.79. The highest BCUT2D eigenvalue weighted by Gasteiger charge is 2.24. The molecule has 3 aromatic rings. The van der Waals surface area contributed by atoms with Crippen molar-refractivity contribution in [3.05, 3.63) is 76.8 Å². The highest BCUT2D eigenvalue weighted by atomic mass is 35.5. The Balaban J connectivity index is 1.65. The van der Waals surface area contributed by atoms with Crippen LogP contribution in [-0.4, -0.2) is 28.6 Å². The average Bonchev–Trinajstić information content (AvgIpc) is 2.74. The Bertz CT molecular complexity index is 1070. The quantitative estimate of drug-likeness (QED) is 0.603. The zero-order valence-electron chi connectivity index (χ0n) is 17.2. The number of nitrogens with one attached hydrogen (secondary N) is 1. The molecule has 0 bridgehead atoms. The van der Waals surface area contributed by atoms with E-state index in [4.69, 9.17) is 26.3 Å². The summed E-state index contributed by atoms with van der Waals surface area (Å²) in [5, 5.41) is 4.11. The number of hydrogen-bond acceptors (Lipinski definition) is 6. The van der Waals surface area contributed by atoms with Gasteiger partial charge in [0.25, 0.3) is 0 Å². The lowest BCUT2D eigenvalue weighted by molar-refractivity contribution is 0.177. The summed E-state index contributed by atoms with van der Waals surface area (Å²) in [6, 6.07) is 11.9. The third-order valence-corrected chi connectivity index (χ3v) is 5.36. The Morgan fingerprint density at radius 3 is 2.73 bits per heavy atom. The van der Waals surface area contributed by atoms with Gasteiger partial charge in [-0.2, -0.15) is 0 Å². The first-order valence-electron chi connectivity index (χ1n) is 9.81. The van der Waals surface area contributed by atoms with Gasteiger partial charge in [-0.3, -0.25) is 0 Å². The van der Waals surface area contributed by atoms with Crippen LogP contribution in [0, 0.1) is 0 Å². The van der Waals surface area contributed by atoms with Crippen molar-refractivity contribution >= 4 is 34.5 Å². The Morgan fingerprint density at radius 1 is 1.23 bits per heavy atom. The molecule has 0 spiro atoms. The molecule has 0 radical (unpaired) electrons. The number of methoxy groups -OCH3 is 1. The maximum atomic E-state index is 6.36. The van der Waals surface area contributed by atoms with Crippen LogP contribution < -0.4 is 10.2 Å². The summed E-state index contributed by atoms with van der Waals surface area (Å²) in [6.07, 6.45) is 2.55. The van der Waals surface area contributed by atoms with Gasteiger partial charge in [-0.1, -0.05) is 35.9 Å². The highest BCUT2D eigenvalue weighted by molar-refractivity contribution is 6.32. The highest BCUT2D eigenvalue weighted by Crippen LogP contribution is 2.31. The number of anilines is 3. The number of benzene rings is 1. The first-order chi connectivity index (χ1) is 14.5. The molecular formula is C23H24ClN5O. The Labute approximate surface area is 181 Å². The zero-order chi connectivity index (χ0) is 21.1. The molecule has 3 heterocycles. The fourth-order valence-electron chi connectivity index (χ4n) is 3.54. The predicted octanol–water partition coefficient (Wildman–Crippen LogP) is 5.01. The summed E-state index contributed by atoms with van der Waals surface area (Å²) < 4.78 is 5.29. The normalized spacial score (nSPS) is 13.1. The van der Waals surface area contributed by atoms with Crippen molar-refractivity contribution in [1.29, 1.82) is 0 Å². The van der Waals surface area contributed by atoms with Crippen molar-refractivity contribution in [2.45, 2.75) is 26.5 Å². The minimum absolute atomic E-state index is 0.348. The number of rotatable bonds is 6. The minimum atomic E-state index is 0.348. The van der Waals surface area contributed by atoms with E-state index in [0.717, 1.165) is 52.7 Å². The van der Waals surface area contributed by atoms with E-state index in [0.29, 0.717) is 24.0 Å². The summed E-state index contributed by atoms with van der Waals surface area (Å²) in [5.41, 5.74) is 5.21. The van der Waals surface area contributed by atoms with Gasteiger partial charge in [0.05, 0.1) is 17.3 Å². The van der Waals surface area contributed by atoms with Gasteiger partial charge in [-0.15, -0.1) is 0 Å². The molecule has 0 amide bonds. The number of nitrogens with zero attached hydrogens (tertiary/aromatic N) is 4. The second kappa shape index (κ2) is 8.81. The summed E-state index contributed by atoms with van der Waals surface area (Å²) >= 11 is 6.36. The number of ether oxygens (including phenoxy) is 1. The fraction of sp³-hybridized carbons (Fsp3) is 0.261. The van der Waals surface area contributed by atoms with Gasteiger partial charge in [0.1, 0.15) is 18.2 Å². The molecule has 0 saturated heterocycles. The van der Waals surface area contributed by atoms with E-state index < -0.39 is 0 Å². The number of allylic oxidation sites excluding steroid dienone is 1.